The summed E-state index contributed by atoms with van der Waals surface area (Å²) in [7, 11) is -3.97. The Morgan fingerprint density at radius 1 is 1.15 bits per heavy atom. The zero-order valence-corrected chi connectivity index (χ0v) is 9.46. The van der Waals surface area contributed by atoms with Gasteiger partial charge in [0.15, 0.2) is 0 Å². The molecular formula is C7H18ClNO3S. The quantitative estimate of drug-likeness (QED) is 0.519. The Morgan fingerprint density at radius 2 is 1.69 bits per heavy atom. The van der Waals surface area contributed by atoms with Crippen molar-refractivity contribution in [3.8, 4) is 0 Å². The lowest BCUT2D eigenvalue weighted by molar-refractivity contribution is 0.465. The molecule has 13 heavy (non-hydrogen) atoms. The smallest absolute Gasteiger partial charge is 0.273 e. The molecule has 0 unspecified atom stereocenters. The van der Waals surface area contributed by atoms with Gasteiger partial charge in [-0.3, -0.25) is 4.55 Å². The van der Waals surface area contributed by atoms with Crippen LogP contribution in [0.2, 0.25) is 0 Å². The molecule has 6 heteroatoms. The maximum atomic E-state index is 10.2. The fourth-order valence-electron chi connectivity index (χ4n) is 0.930. The van der Waals surface area contributed by atoms with Gasteiger partial charge in [0.25, 0.3) is 0 Å². The van der Waals surface area contributed by atoms with Crippen molar-refractivity contribution < 1.29 is 13.0 Å². The van der Waals surface area contributed by atoms with Gasteiger partial charge in [0.2, 0.25) is 0 Å². The highest BCUT2D eigenvalue weighted by atomic mass is 35.5. The number of hydrogen-bond acceptors (Lipinski definition) is 2. The van der Waals surface area contributed by atoms with Crippen molar-refractivity contribution in [1.82, 2.24) is 4.72 Å². The van der Waals surface area contributed by atoms with E-state index in [1.54, 1.807) is 0 Å². The molecule has 0 bridgehead atoms. The van der Waals surface area contributed by atoms with Gasteiger partial charge >= 0.3 is 10.3 Å². The van der Waals surface area contributed by atoms with Crippen LogP contribution in [0.5, 0.6) is 0 Å². The standard InChI is InChI=1S/C7H17NO3S.ClH/c1-2-3-4-5-6-7-8-12(9,10)11;/h8H,2-7H2,1H3,(H,9,10,11);1H. The summed E-state index contributed by atoms with van der Waals surface area (Å²) in [6.07, 6.45) is 5.29. The summed E-state index contributed by atoms with van der Waals surface area (Å²) in [5, 5.41) is 0. The first kappa shape index (κ1) is 15.6. The average Bonchev–Trinajstić information content (AvgIpc) is 1.94. The molecule has 0 aliphatic rings. The minimum atomic E-state index is -3.97. The van der Waals surface area contributed by atoms with Crippen LogP contribution in [-0.2, 0) is 10.3 Å². The Labute approximate surface area is 86.4 Å². The normalized spacial score (nSPS) is 10.9. The predicted molar refractivity (Wildman–Crippen MR) is 55.6 cm³/mol. The number of rotatable bonds is 7. The molecule has 0 rings (SSSR count). The summed E-state index contributed by atoms with van der Waals surface area (Å²) in [4.78, 5) is 0. The predicted octanol–water partition coefficient (Wildman–Crippen LogP) is 1.77. The number of unbranched alkanes of at least 4 members (excludes halogenated alkanes) is 4. The number of halogens is 1. The van der Waals surface area contributed by atoms with E-state index in [9.17, 15) is 8.42 Å². The van der Waals surface area contributed by atoms with Crippen LogP contribution < -0.4 is 4.72 Å². The van der Waals surface area contributed by atoms with Crippen LogP contribution in [0.25, 0.3) is 0 Å². The van der Waals surface area contributed by atoms with Crippen molar-refractivity contribution in [3.63, 3.8) is 0 Å². The summed E-state index contributed by atoms with van der Waals surface area (Å²) in [6.45, 7) is 2.46. The topological polar surface area (TPSA) is 66.4 Å². The minimum absolute atomic E-state index is 0. The lowest BCUT2D eigenvalue weighted by Gasteiger charge is -2.00. The van der Waals surface area contributed by atoms with E-state index in [2.05, 4.69) is 6.92 Å². The van der Waals surface area contributed by atoms with Crippen molar-refractivity contribution in [1.29, 1.82) is 0 Å². The first-order valence-electron chi connectivity index (χ1n) is 4.28. The Morgan fingerprint density at radius 3 is 2.15 bits per heavy atom. The molecule has 0 spiro atoms. The monoisotopic (exact) mass is 231 g/mol. The maximum absolute atomic E-state index is 10.2. The third kappa shape index (κ3) is 15.0. The van der Waals surface area contributed by atoms with Crippen LogP contribution in [0.3, 0.4) is 0 Å². The minimum Gasteiger partial charge on any atom is -0.273 e. The van der Waals surface area contributed by atoms with Crippen LogP contribution >= 0.6 is 12.4 Å². The highest BCUT2D eigenvalue weighted by Gasteiger charge is 1.99. The lowest BCUT2D eigenvalue weighted by Crippen LogP contribution is -2.23. The molecule has 2 N–H and O–H groups in total. The molecule has 0 aromatic heterocycles. The Hall–Kier alpha value is 0.160. The van der Waals surface area contributed by atoms with E-state index in [1.807, 2.05) is 4.72 Å². The van der Waals surface area contributed by atoms with E-state index in [-0.39, 0.29) is 12.4 Å². The van der Waals surface area contributed by atoms with Crippen LogP contribution in [-0.4, -0.2) is 19.5 Å². The van der Waals surface area contributed by atoms with Crippen molar-refractivity contribution in [2.45, 2.75) is 39.0 Å². The summed E-state index contributed by atoms with van der Waals surface area (Å²) in [5.74, 6) is 0. The molecule has 0 aromatic carbocycles. The SMILES string of the molecule is CCCCCCCNS(=O)(=O)O.Cl. The fraction of sp³-hybridized carbons (Fsp3) is 1.00. The van der Waals surface area contributed by atoms with Crippen molar-refractivity contribution >= 4 is 22.7 Å². The maximum Gasteiger partial charge on any atom is 0.333 e. The van der Waals surface area contributed by atoms with E-state index in [0.717, 1.165) is 19.3 Å². The first-order valence-corrected chi connectivity index (χ1v) is 5.72. The average molecular weight is 232 g/mol. The highest BCUT2D eigenvalue weighted by Crippen LogP contribution is 2.01. The van der Waals surface area contributed by atoms with Gasteiger partial charge in [0.05, 0.1) is 0 Å². The summed E-state index contributed by atoms with van der Waals surface area (Å²) in [6, 6.07) is 0. The first-order chi connectivity index (χ1) is 5.56. The van der Waals surface area contributed by atoms with Crippen LogP contribution in [0.4, 0.5) is 0 Å². The largest absolute Gasteiger partial charge is 0.333 e. The second-order valence-electron chi connectivity index (χ2n) is 2.78. The third-order valence-corrected chi connectivity index (χ3v) is 2.13. The van der Waals surface area contributed by atoms with Crippen LogP contribution in [0.15, 0.2) is 0 Å². The molecule has 0 heterocycles. The van der Waals surface area contributed by atoms with Gasteiger partial charge in [-0.25, -0.2) is 0 Å². The van der Waals surface area contributed by atoms with Gasteiger partial charge in [0.1, 0.15) is 0 Å². The molecule has 0 aliphatic carbocycles. The molecule has 0 saturated heterocycles. The molecule has 0 fully saturated rings. The molecule has 0 aromatic rings. The zero-order chi connectivity index (χ0) is 9.45. The van der Waals surface area contributed by atoms with Crippen molar-refractivity contribution in [3.05, 3.63) is 0 Å². The van der Waals surface area contributed by atoms with Gasteiger partial charge in [0, 0.05) is 6.54 Å². The van der Waals surface area contributed by atoms with Gasteiger partial charge in [-0.05, 0) is 6.42 Å². The zero-order valence-electron chi connectivity index (χ0n) is 7.82. The van der Waals surface area contributed by atoms with Gasteiger partial charge < -0.3 is 0 Å². The van der Waals surface area contributed by atoms with Gasteiger partial charge in [-0.1, -0.05) is 32.6 Å². The molecule has 0 aliphatic heterocycles. The molecule has 82 valence electrons. The van der Waals surface area contributed by atoms with E-state index in [0.29, 0.717) is 6.54 Å². The number of hydrogen-bond donors (Lipinski definition) is 2. The van der Waals surface area contributed by atoms with E-state index in [4.69, 9.17) is 4.55 Å². The third-order valence-electron chi connectivity index (χ3n) is 1.56. The van der Waals surface area contributed by atoms with Gasteiger partial charge in [-0.2, -0.15) is 13.1 Å². The summed E-state index contributed by atoms with van der Waals surface area (Å²) < 4.78 is 30.6. The van der Waals surface area contributed by atoms with Gasteiger partial charge in [-0.15, -0.1) is 12.4 Å². The Balaban J connectivity index is 0. The number of nitrogens with one attached hydrogen (secondary N) is 1. The second-order valence-corrected chi connectivity index (χ2v) is 4.02. The molecule has 0 amide bonds. The van der Waals surface area contributed by atoms with Crippen LogP contribution in [0.1, 0.15) is 39.0 Å². The molecule has 0 radical (unpaired) electrons. The van der Waals surface area contributed by atoms with E-state index >= 15 is 0 Å². The fourth-order valence-corrected chi connectivity index (χ4v) is 1.33. The highest BCUT2D eigenvalue weighted by molar-refractivity contribution is 7.83. The molecule has 4 nitrogen and oxygen atoms in total. The van der Waals surface area contributed by atoms with E-state index < -0.39 is 10.3 Å². The summed E-state index contributed by atoms with van der Waals surface area (Å²) >= 11 is 0. The second kappa shape index (κ2) is 8.74. The Bertz CT molecular complexity index is 194. The molecule has 0 atom stereocenters. The van der Waals surface area contributed by atoms with Crippen molar-refractivity contribution in [2.75, 3.05) is 6.54 Å². The molecule has 0 saturated carbocycles. The summed E-state index contributed by atoms with van der Waals surface area (Å²) in [5.41, 5.74) is 0. The van der Waals surface area contributed by atoms with Crippen LogP contribution in [0, 0.1) is 0 Å². The lowest BCUT2D eigenvalue weighted by atomic mass is 10.2. The Kier molecular flexibility index (Phi) is 10.5. The van der Waals surface area contributed by atoms with E-state index in [1.165, 1.54) is 12.8 Å². The molecular weight excluding hydrogens is 214 g/mol. The van der Waals surface area contributed by atoms with Crippen molar-refractivity contribution in [2.24, 2.45) is 0 Å².